The Morgan fingerprint density at radius 1 is 1.19 bits per heavy atom. The lowest BCUT2D eigenvalue weighted by molar-refractivity contribution is -0.115. The summed E-state index contributed by atoms with van der Waals surface area (Å²) in [6.45, 7) is 3.86. The third kappa shape index (κ3) is 3.33. The number of benzene rings is 2. The molecule has 6 heteroatoms. The Hall–Kier alpha value is -3.41. The number of hydrogen-bond acceptors (Lipinski definition) is 2. The molecule has 0 spiro atoms. The van der Waals surface area contributed by atoms with Crippen LogP contribution < -0.4 is 5.32 Å². The van der Waals surface area contributed by atoms with Crippen LogP contribution in [0.3, 0.4) is 0 Å². The quantitative estimate of drug-likeness (QED) is 0.569. The van der Waals surface area contributed by atoms with Crippen molar-refractivity contribution in [3.05, 3.63) is 77.5 Å². The van der Waals surface area contributed by atoms with Crippen molar-refractivity contribution in [1.29, 1.82) is 0 Å². The third-order valence-corrected chi connectivity index (χ3v) is 4.63. The highest BCUT2D eigenvalue weighted by molar-refractivity contribution is 5.96. The van der Waals surface area contributed by atoms with Crippen molar-refractivity contribution in [3.8, 4) is 5.69 Å². The van der Waals surface area contributed by atoms with Crippen LogP contribution in [0.2, 0.25) is 0 Å². The molecule has 2 heterocycles. The topological polar surface area (TPSA) is 62.7 Å². The molecule has 0 fully saturated rings. The molecule has 5 nitrogen and oxygen atoms in total. The Morgan fingerprint density at radius 3 is 2.81 bits per heavy atom. The third-order valence-electron chi connectivity index (χ3n) is 4.63. The summed E-state index contributed by atoms with van der Waals surface area (Å²) >= 11 is 0. The van der Waals surface area contributed by atoms with E-state index in [1.165, 1.54) is 12.1 Å². The molecule has 0 radical (unpaired) electrons. The maximum absolute atomic E-state index is 13.6. The standard InChI is InChI=1S/C21H19FN4O/c1-13-8-9-23-26(13)17-5-3-4-16(11-17)25-21(27)12-18-14(2)24-20-7-6-15(22)10-19(18)20/h3-11,24H,12H2,1-2H3,(H,25,27). The zero-order valence-corrected chi connectivity index (χ0v) is 15.1. The smallest absolute Gasteiger partial charge is 0.228 e. The van der Waals surface area contributed by atoms with Gasteiger partial charge in [0.15, 0.2) is 0 Å². The fourth-order valence-corrected chi connectivity index (χ4v) is 3.30. The zero-order chi connectivity index (χ0) is 19.0. The summed E-state index contributed by atoms with van der Waals surface area (Å²) in [7, 11) is 0. The van der Waals surface area contributed by atoms with Crippen LogP contribution in [-0.4, -0.2) is 20.7 Å². The predicted octanol–water partition coefficient (Wildman–Crippen LogP) is 4.29. The molecule has 136 valence electrons. The van der Waals surface area contributed by atoms with Crippen molar-refractivity contribution in [2.24, 2.45) is 0 Å². The first kappa shape index (κ1) is 17.0. The van der Waals surface area contributed by atoms with Gasteiger partial charge in [-0.15, -0.1) is 0 Å². The van der Waals surface area contributed by atoms with Gasteiger partial charge in [-0.3, -0.25) is 4.79 Å². The number of aromatic amines is 1. The van der Waals surface area contributed by atoms with Gasteiger partial charge in [0.2, 0.25) is 5.91 Å². The molecule has 2 N–H and O–H groups in total. The van der Waals surface area contributed by atoms with Crippen molar-refractivity contribution in [3.63, 3.8) is 0 Å². The van der Waals surface area contributed by atoms with Crippen LogP contribution in [0.4, 0.5) is 10.1 Å². The van der Waals surface area contributed by atoms with E-state index in [2.05, 4.69) is 15.4 Å². The van der Waals surface area contributed by atoms with Crippen molar-refractivity contribution in [2.45, 2.75) is 20.3 Å². The van der Waals surface area contributed by atoms with E-state index in [1.54, 1.807) is 12.3 Å². The normalized spacial score (nSPS) is 11.1. The maximum Gasteiger partial charge on any atom is 0.228 e. The summed E-state index contributed by atoms with van der Waals surface area (Å²) in [5, 5.41) is 7.95. The van der Waals surface area contributed by atoms with Gasteiger partial charge in [0.25, 0.3) is 0 Å². The molecule has 4 aromatic rings. The number of hydrogen-bond donors (Lipinski definition) is 2. The minimum absolute atomic E-state index is 0.155. The van der Waals surface area contributed by atoms with Crippen molar-refractivity contribution >= 4 is 22.5 Å². The van der Waals surface area contributed by atoms with Crippen molar-refractivity contribution < 1.29 is 9.18 Å². The summed E-state index contributed by atoms with van der Waals surface area (Å²) in [4.78, 5) is 15.8. The number of fused-ring (bicyclic) bond motifs is 1. The van der Waals surface area contributed by atoms with Gasteiger partial charge in [-0.2, -0.15) is 5.10 Å². The van der Waals surface area contributed by atoms with E-state index in [1.807, 2.05) is 48.9 Å². The second kappa shape index (κ2) is 6.72. The summed E-state index contributed by atoms with van der Waals surface area (Å²) < 4.78 is 15.4. The summed E-state index contributed by atoms with van der Waals surface area (Å²) in [6, 6.07) is 14.0. The average molecular weight is 362 g/mol. The van der Waals surface area contributed by atoms with Crippen molar-refractivity contribution in [2.75, 3.05) is 5.32 Å². The summed E-state index contributed by atoms with van der Waals surface area (Å²) in [5.74, 6) is -0.469. The fraction of sp³-hybridized carbons (Fsp3) is 0.143. The summed E-state index contributed by atoms with van der Waals surface area (Å²) in [6.07, 6.45) is 1.90. The van der Waals surface area contributed by atoms with Crippen LogP contribution in [0, 0.1) is 19.7 Å². The molecule has 0 bridgehead atoms. The van der Waals surface area contributed by atoms with E-state index in [0.29, 0.717) is 5.69 Å². The van der Waals surface area contributed by atoms with Gasteiger partial charge < -0.3 is 10.3 Å². The molecule has 0 aliphatic carbocycles. The molecular weight excluding hydrogens is 343 g/mol. The van der Waals surface area contributed by atoms with Crippen LogP contribution in [0.15, 0.2) is 54.7 Å². The first-order valence-electron chi connectivity index (χ1n) is 8.69. The first-order chi connectivity index (χ1) is 13.0. The molecule has 27 heavy (non-hydrogen) atoms. The largest absolute Gasteiger partial charge is 0.358 e. The molecular formula is C21H19FN4O. The molecule has 0 saturated heterocycles. The van der Waals surface area contributed by atoms with Crippen LogP contribution >= 0.6 is 0 Å². The van der Waals surface area contributed by atoms with E-state index >= 15 is 0 Å². The van der Waals surface area contributed by atoms with Crippen molar-refractivity contribution in [1.82, 2.24) is 14.8 Å². The van der Waals surface area contributed by atoms with Gasteiger partial charge in [-0.1, -0.05) is 6.07 Å². The molecule has 2 aromatic carbocycles. The highest BCUT2D eigenvalue weighted by Crippen LogP contribution is 2.24. The van der Waals surface area contributed by atoms with Gasteiger partial charge in [-0.05, 0) is 61.9 Å². The van der Waals surface area contributed by atoms with E-state index in [0.717, 1.165) is 33.5 Å². The number of H-pyrrole nitrogens is 1. The highest BCUT2D eigenvalue weighted by Gasteiger charge is 2.14. The number of amides is 1. The molecule has 2 aromatic heterocycles. The first-order valence-corrected chi connectivity index (χ1v) is 8.69. The van der Waals surface area contributed by atoms with Crippen LogP contribution in [0.1, 0.15) is 17.0 Å². The fourth-order valence-electron chi connectivity index (χ4n) is 3.30. The lowest BCUT2D eigenvalue weighted by Gasteiger charge is -2.09. The number of rotatable bonds is 4. The van der Waals surface area contributed by atoms with Gasteiger partial charge >= 0.3 is 0 Å². The number of carbonyl (C=O) groups is 1. The number of aromatic nitrogens is 3. The zero-order valence-electron chi connectivity index (χ0n) is 15.1. The second-order valence-electron chi connectivity index (χ2n) is 6.58. The average Bonchev–Trinajstić information content (AvgIpc) is 3.19. The van der Waals surface area contributed by atoms with Crippen LogP contribution in [0.25, 0.3) is 16.6 Å². The molecule has 0 aliphatic heterocycles. The molecule has 0 atom stereocenters. The van der Waals surface area contributed by atoms with E-state index < -0.39 is 0 Å². The Kier molecular flexibility index (Phi) is 4.24. The Morgan fingerprint density at radius 2 is 2.04 bits per heavy atom. The number of nitrogens with one attached hydrogen (secondary N) is 2. The monoisotopic (exact) mass is 362 g/mol. The van der Waals surface area contributed by atoms with Gasteiger partial charge in [0.05, 0.1) is 12.1 Å². The molecule has 0 unspecified atom stereocenters. The van der Waals surface area contributed by atoms with Crippen LogP contribution in [-0.2, 0) is 11.2 Å². The number of carbonyl (C=O) groups excluding carboxylic acids is 1. The van der Waals surface area contributed by atoms with Gasteiger partial charge in [0, 0.05) is 34.2 Å². The Bertz CT molecular complexity index is 1140. The maximum atomic E-state index is 13.6. The van der Waals surface area contributed by atoms with Gasteiger partial charge in [-0.25, -0.2) is 9.07 Å². The SMILES string of the molecule is Cc1[nH]c2ccc(F)cc2c1CC(=O)Nc1cccc(-n2nccc2C)c1. The number of halogens is 1. The predicted molar refractivity (Wildman–Crippen MR) is 104 cm³/mol. The highest BCUT2D eigenvalue weighted by atomic mass is 19.1. The molecule has 1 amide bonds. The number of nitrogens with zero attached hydrogens (tertiary/aromatic N) is 2. The van der Waals surface area contributed by atoms with E-state index in [-0.39, 0.29) is 18.1 Å². The second-order valence-corrected chi connectivity index (χ2v) is 6.58. The minimum atomic E-state index is -0.314. The van der Waals surface area contributed by atoms with Crippen LogP contribution in [0.5, 0.6) is 0 Å². The Labute approximate surface area is 155 Å². The molecule has 0 saturated carbocycles. The minimum Gasteiger partial charge on any atom is -0.358 e. The lowest BCUT2D eigenvalue weighted by atomic mass is 10.1. The van der Waals surface area contributed by atoms with E-state index in [4.69, 9.17) is 0 Å². The van der Waals surface area contributed by atoms with E-state index in [9.17, 15) is 9.18 Å². The number of anilines is 1. The molecule has 4 rings (SSSR count). The Balaban J connectivity index is 1.56. The molecule has 0 aliphatic rings. The number of aryl methyl sites for hydroxylation is 2. The van der Waals surface area contributed by atoms with Gasteiger partial charge in [0.1, 0.15) is 5.82 Å². The lowest BCUT2D eigenvalue weighted by Crippen LogP contribution is -2.15. The summed E-state index contributed by atoms with van der Waals surface area (Å²) in [5.41, 5.74) is 5.08.